The van der Waals surface area contributed by atoms with E-state index in [9.17, 15) is 22.8 Å². The van der Waals surface area contributed by atoms with E-state index in [-0.39, 0.29) is 11.1 Å². The first kappa shape index (κ1) is 17.7. The number of H-pyrrole nitrogens is 1. The Morgan fingerprint density at radius 2 is 1.65 bits per heavy atom. The molecule has 3 aromatic rings. The van der Waals surface area contributed by atoms with Gasteiger partial charge in [0.05, 0.1) is 11.1 Å². The van der Waals surface area contributed by atoms with Crippen LogP contribution in [0.4, 0.5) is 18.9 Å². The Labute approximate surface area is 146 Å². The van der Waals surface area contributed by atoms with Crippen LogP contribution in [0, 0.1) is 13.8 Å². The summed E-state index contributed by atoms with van der Waals surface area (Å²) in [7, 11) is 0. The molecule has 4 nitrogen and oxygen atoms in total. The van der Waals surface area contributed by atoms with Crippen LogP contribution in [0.2, 0.25) is 0 Å². The summed E-state index contributed by atoms with van der Waals surface area (Å²) in [5, 5.41) is 3.48. The molecule has 1 amide bonds. The molecule has 26 heavy (non-hydrogen) atoms. The van der Waals surface area contributed by atoms with Crippen LogP contribution >= 0.6 is 0 Å². The van der Waals surface area contributed by atoms with Gasteiger partial charge in [-0.05, 0) is 55.8 Å². The predicted molar refractivity (Wildman–Crippen MR) is 93.4 cm³/mol. The quantitative estimate of drug-likeness (QED) is 0.711. The third kappa shape index (κ3) is 3.33. The zero-order valence-corrected chi connectivity index (χ0v) is 14.0. The first-order valence-corrected chi connectivity index (χ1v) is 7.78. The van der Waals surface area contributed by atoms with Crippen molar-refractivity contribution in [2.24, 2.45) is 0 Å². The summed E-state index contributed by atoms with van der Waals surface area (Å²) in [5.41, 5.74) is 1.56. The average molecular weight is 360 g/mol. The van der Waals surface area contributed by atoms with Crippen molar-refractivity contribution >= 4 is 22.5 Å². The fraction of sp³-hybridized carbons (Fsp3) is 0.158. The summed E-state index contributed by atoms with van der Waals surface area (Å²) in [5.74, 6) is -0.538. The zero-order chi connectivity index (χ0) is 19.1. The molecule has 1 heterocycles. The first-order chi connectivity index (χ1) is 12.2. The van der Waals surface area contributed by atoms with Gasteiger partial charge in [-0.25, -0.2) is 0 Å². The van der Waals surface area contributed by atoms with Crippen LogP contribution in [0.25, 0.3) is 10.9 Å². The van der Waals surface area contributed by atoms with E-state index >= 15 is 0 Å². The highest BCUT2D eigenvalue weighted by Crippen LogP contribution is 2.29. The number of alkyl halides is 3. The minimum atomic E-state index is -4.45. The van der Waals surface area contributed by atoms with E-state index in [1.54, 1.807) is 25.1 Å². The lowest BCUT2D eigenvalue weighted by molar-refractivity contribution is -0.137. The van der Waals surface area contributed by atoms with Crippen LogP contribution in [0.5, 0.6) is 0 Å². The lowest BCUT2D eigenvalue weighted by atomic mass is 10.1. The van der Waals surface area contributed by atoms with E-state index in [2.05, 4.69) is 10.3 Å². The number of pyridine rings is 1. The molecular formula is C19H15F3N2O2. The Kier molecular flexibility index (Phi) is 4.31. The highest BCUT2D eigenvalue weighted by atomic mass is 19.4. The topological polar surface area (TPSA) is 62.0 Å². The molecule has 2 aromatic carbocycles. The molecule has 7 heteroatoms. The lowest BCUT2D eigenvalue weighted by Gasteiger charge is -2.10. The maximum absolute atomic E-state index is 12.6. The second-order valence-corrected chi connectivity index (χ2v) is 5.99. The summed E-state index contributed by atoms with van der Waals surface area (Å²) in [4.78, 5) is 26.9. The SMILES string of the molecule is Cc1c(C)c2ccc(NC(=O)c3ccc(C(F)(F)F)cc3)cc2[nH]c1=O. The van der Waals surface area contributed by atoms with Crippen molar-refractivity contribution < 1.29 is 18.0 Å². The van der Waals surface area contributed by atoms with Gasteiger partial charge >= 0.3 is 6.18 Å². The van der Waals surface area contributed by atoms with Crippen molar-refractivity contribution in [2.75, 3.05) is 5.32 Å². The molecule has 0 atom stereocenters. The van der Waals surface area contributed by atoms with Gasteiger partial charge in [0, 0.05) is 22.2 Å². The van der Waals surface area contributed by atoms with Crippen LogP contribution < -0.4 is 10.9 Å². The third-order valence-corrected chi connectivity index (χ3v) is 4.31. The number of nitrogens with one attached hydrogen (secondary N) is 2. The Morgan fingerprint density at radius 3 is 2.27 bits per heavy atom. The summed E-state index contributed by atoms with van der Waals surface area (Å²) < 4.78 is 37.7. The second kappa shape index (κ2) is 6.33. The van der Waals surface area contributed by atoms with E-state index in [1.807, 2.05) is 6.92 Å². The summed E-state index contributed by atoms with van der Waals surface area (Å²) in [6.07, 6.45) is -4.45. The fourth-order valence-corrected chi connectivity index (χ4v) is 2.65. The molecule has 0 saturated carbocycles. The number of anilines is 1. The molecule has 1 aromatic heterocycles. The monoisotopic (exact) mass is 360 g/mol. The van der Waals surface area contributed by atoms with Gasteiger partial charge in [-0.1, -0.05) is 6.07 Å². The van der Waals surface area contributed by atoms with Crippen molar-refractivity contribution in [3.63, 3.8) is 0 Å². The molecule has 0 bridgehead atoms. The molecule has 0 spiro atoms. The maximum Gasteiger partial charge on any atom is 0.416 e. The number of carbonyl (C=O) groups excluding carboxylic acids is 1. The van der Waals surface area contributed by atoms with Crippen LogP contribution in [-0.4, -0.2) is 10.9 Å². The van der Waals surface area contributed by atoms with E-state index in [1.165, 1.54) is 0 Å². The number of halogens is 3. The third-order valence-electron chi connectivity index (χ3n) is 4.31. The molecule has 0 unspecified atom stereocenters. The fourth-order valence-electron chi connectivity index (χ4n) is 2.65. The van der Waals surface area contributed by atoms with Crippen LogP contribution in [-0.2, 0) is 6.18 Å². The summed E-state index contributed by atoms with van der Waals surface area (Å²) in [6, 6.07) is 9.03. The summed E-state index contributed by atoms with van der Waals surface area (Å²) >= 11 is 0. The number of aromatic amines is 1. The highest BCUT2D eigenvalue weighted by Gasteiger charge is 2.30. The van der Waals surface area contributed by atoms with Gasteiger partial charge in [0.2, 0.25) is 0 Å². The minimum absolute atomic E-state index is 0.103. The van der Waals surface area contributed by atoms with Crippen LogP contribution in [0.1, 0.15) is 27.0 Å². The molecule has 0 aliphatic carbocycles. The molecule has 134 valence electrons. The number of rotatable bonds is 2. The largest absolute Gasteiger partial charge is 0.416 e. The Morgan fingerprint density at radius 1 is 1.00 bits per heavy atom. The Hall–Kier alpha value is -3.09. The van der Waals surface area contributed by atoms with E-state index < -0.39 is 17.6 Å². The molecular weight excluding hydrogens is 345 g/mol. The van der Waals surface area contributed by atoms with Gasteiger partial charge in [0.25, 0.3) is 11.5 Å². The van der Waals surface area contributed by atoms with Crippen LogP contribution in [0.3, 0.4) is 0 Å². The summed E-state index contributed by atoms with van der Waals surface area (Å²) in [6.45, 7) is 3.57. The Balaban J connectivity index is 1.87. The van der Waals surface area contributed by atoms with Gasteiger partial charge in [-0.3, -0.25) is 9.59 Å². The number of hydrogen-bond donors (Lipinski definition) is 2. The first-order valence-electron chi connectivity index (χ1n) is 7.78. The van der Waals surface area contributed by atoms with Gasteiger partial charge in [0.15, 0.2) is 0 Å². The van der Waals surface area contributed by atoms with E-state index in [0.29, 0.717) is 16.8 Å². The number of amides is 1. The van der Waals surface area contributed by atoms with Crippen molar-refractivity contribution in [1.29, 1.82) is 0 Å². The lowest BCUT2D eigenvalue weighted by Crippen LogP contribution is -2.14. The molecule has 0 radical (unpaired) electrons. The molecule has 0 aliphatic heterocycles. The molecule has 0 aliphatic rings. The number of hydrogen-bond acceptors (Lipinski definition) is 2. The van der Waals surface area contributed by atoms with Crippen molar-refractivity contribution in [1.82, 2.24) is 4.98 Å². The molecule has 3 rings (SSSR count). The number of fused-ring (bicyclic) bond motifs is 1. The average Bonchev–Trinajstić information content (AvgIpc) is 2.59. The van der Waals surface area contributed by atoms with Gasteiger partial charge in [-0.2, -0.15) is 13.2 Å². The van der Waals surface area contributed by atoms with Gasteiger partial charge in [0.1, 0.15) is 0 Å². The van der Waals surface area contributed by atoms with Crippen molar-refractivity contribution in [3.8, 4) is 0 Å². The standard InChI is InChI=1S/C19H15F3N2O2/c1-10-11(2)17(25)24-16-9-14(7-8-15(10)16)23-18(26)12-3-5-13(6-4-12)19(20,21)22/h3-9H,1-2H3,(H,23,26)(H,24,25). The van der Waals surface area contributed by atoms with Gasteiger partial charge in [-0.15, -0.1) is 0 Å². The number of benzene rings is 2. The zero-order valence-electron chi connectivity index (χ0n) is 14.0. The number of aryl methyl sites for hydroxylation is 1. The normalized spacial score (nSPS) is 11.6. The van der Waals surface area contributed by atoms with Crippen LogP contribution in [0.15, 0.2) is 47.3 Å². The second-order valence-electron chi connectivity index (χ2n) is 5.99. The highest BCUT2D eigenvalue weighted by molar-refractivity contribution is 6.05. The molecule has 0 saturated heterocycles. The van der Waals surface area contributed by atoms with E-state index in [4.69, 9.17) is 0 Å². The number of carbonyl (C=O) groups is 1. The smallest absolute Gasteiger partial charge is 0.322 e. The number of aromatic nitrogens is 1. The van der Waals surface area contributed by atoms with Gasteiger partial charge < -0.3 is 10.3 Å². The van der Waals surface area contributed by atoms with Crippen molar-refractivity contribution in [3.05, 3.63) is 75.1 Å². The van der Waals surface area contributed by atoms with Crippen molar-refractivity contribution in [2.45, 2.75) is 20.0 Å². The Bertz CT molecular complexity index is 1050. The van der Waals surface area contributed by atoms with E-state index in [0.717, 1.165) is 35.2 Å². The minimum Gasteiger partial charge on any atom is -0.322 e. The molecule has 0 fully saturated rings. The molecule has 2 N–H and O–H groups in total. The maximum atomic E-state index is 12.6. The predicted octanol–water partition coefficient (Wildman–Crippen LogP) is 4.42.